The SMILES string of the molecule is CN(C)CCCNc1sc(C(N)=O)c(N)c1C(N)=O. The summed E-state index contributed by atoms with van der Waals surface area (Å²) in [5.74, 6) is -1.33. The monoisotopic (exact) mass is 285 g/mol. The van der Waals surface area contributed by atoms with E-state index in [1.807, 2.05) is 19.0 Å². The minimum absolute atomic E-state index is 0.0557. The maximum atomic E-state index is 11.4. The molecular formula is C11H19N5O2S. The van der Waals surface area contributed by atoms with Crippen molar-refractivity contribution in [3.05, 3.63) is 10.4 Å². The van der Waals surface area contributed by atoms with Crippen LogP contribution in [0.5, 0.6) is 0 Å². The predicted octanol–water partition coefficient (Wildman–Crippen LogP) is -0.108. The lowest BCUT2D eigenvalue weighted by Crippen LogP contribution is -2.18. The summed E-state index contributed by atoms with van der Waals surface area (Å²) in [5, 5.41) is 3.57. The van der Waals surface area contributed by atoms with Gasteiger partial charge in [-0.2, -0.15) is 0 Å². The van der Waals surface area contributed by atoms with Crippen LogP contribution in [0.2, 0.25) is 0 Å². The molecule has 0 fully saturated rings. The van der Waals surface area contributed by atoms with Gasteiger partial charge in [-0.25, -0.2) is 0 Å². The van der Waals surface area contributed by atoms with E-state index in [2.05, 4.69) is 5.32 Å². The van der Waals surface area contributed by atoms with Crippen LogP contribution in [0, 0.1) is 0 Å². The van der Waals surface area contributed by atoms with Crippen molar-refractivity contribution in [1.29, 1.82) is 0 Å². The molecule has 0 spiro atoms. The van der Waals surface area contributed by atoms with E-state index in [0.29, 0.717) is 11.5 Å². The molecule has 1 rings (SSSR count). The first-order valence-electron chi connectivity index (χ1n) is 5.75. The van der Waals surface area contributed by atoms with E-state index in [4.69, 9.17) is 17.2 Å². The average molecular weight is 285 g/mol. The molecule has 0 bridgehead atoms. The van der Waals surface area contributed by atoms with Crippen molar-refractivity contribution < 1.29 is 9.59 Å². The van der Waals surface area contributed by atoms with Gasteiger partial charge >= 0.3 is 0 Å². The third-order valence-corrected chi connectivity index (χ3v) is 3.66. The van der Waals surface area contributed by atoms with Crippen molar-refractivity contribution in [3.8, 4) is 0 Å². The van der Waals surface area contributed by atoms with E-state index in [1.165, 1.54) is 0 Å². The fourth-order valence-electron chi connectivity index (χ4n) is 1.59. The van der Waals surface area contributed by atoms with Crippen LogP contribution in [0.1, 0.15) is 26.5 Å². The summed E-state index contributed by atoms with van der Waals surface area (Å²) in [5.41, 5.74) is 16.4. The molecule has 1 aromatic rings. The van der Waals surface area contributed by atoms with E-state index in [-0.39, 0.29) is 16.1 Å². The Labute approximate surface area is 115 Å². The Balaban J connectivity index is 2.84. The van der Waals surface area contributed by atoms with Gasteiger partial charge in [0.25, 0.3) is 11.8 Å². The highest BCUT2D eigenvalue weighted by Gasteiger charge is 2.22. The Morgan fingerprint density at radius 3 is 2.37 bits per heavy atom. The summed E-state index contributed by atoms with van der Waals surface area (Å²) >= 11 is 1.06. The van der Waals surface area contributed by atoms with Crippen LogP contribution >= 0.6 is 11.3 Å². The fourth-order valence-corrected chi connectivity index (χ4v) is 2.60. The minimum atomic E-state index is -0.670. The van der Waals surface area contributed by atoms with Gasteiger partial charge in [0.15, 0.2) is 0 Å². The van der Waals surface area contributed by atoms with Gasteiger partial charge in [0.2, 0.25) is 0 Å². The molecule has 0 aromatic carbocycles. The molecule has 0 aliphatic carbocycles. The van der Waals surface area contributed by atoms with Gasteiger partial charge in [-0.3, -0.25) is 9.59 Å². The average Bonchev–Trinajstić information content (AvgIpc) is 2.61. The van der Waals surface area contributed by atoms with E-state index in [9.17, 15) is 9.59 Å². The molecule has 0 saturated heterocycles. The first-order chi connectivity index (χ1) is 8.84. The zero-order chi connectivity index (χ0) is 14.6. The first-order valence-corrected chi connectivity index (χ1v) is 6.56. The van der Waals surface area contributed by atoms with Gasteiger partial charge in [-0.15, -0.1) is 11.3 Å². The van der Waals surface area contributed by atoms with Crippen LogP contribution in [-0.2, 0) is 0 Å². The van der Waals surface area contributed by atoms with Crippen molar-refractivity contribution in [2.24, 2.45) is 11.5 Å². The number of thiophene rings is 1. The maximum Gasteiger partial charge on any atom is 0.260 e. The Kier molecular flexibility index (Phi) is 5.13. The largest absolute Gasteiger partial charge is 0.397 e. The lowest BCUT2D eigenvalue weighted by molar-refractivity contribution is 0.0999. The van der Waals surface area contributed by atoms with Crippen molar-refractivity contribution in [2.45, 2.75) is 6.42 Å². The number of anilines is 2. The number of nitrogens with one attached hydrogen (secondary N) is 1. The molecule has 0 radical (unpaired) electrons. The van der Waals surface area contributed by atoms with Crippen molar-refractivity contribution >= 4 is 33.8 Å². The zero-order valence-electron chi connectivity index (χ0n) is 11.0. The zero-order valence-corrected chi connectivity index (χ0v) is 11.8. The number of carbonyl (C=O) groups excluding carboxylic acids is 2. The number of hydrogen-bond acceptors (Lipinski definition) is 6. The number of nitrogen functional groups attached to an aromatic ring is 1. The molecule has 1 heterocycles. The lowest BCUT2D eigenvalue weighted by Gasteiger charge is -2.10. The molecule has 0 aliphatic heterocycles. The first kappa shape index (κ1) is 15.3. The molecule has 7 N–H and O–H groups in total. The van der Waals surface area contributed by atoms with Crippen LogP contribution in [0.15, 0.2) is 0 Å². The lowest BCUT2D eigenvalue weighted by atomic mass is 10.2. The number of primary amides is 2. The highest BCUT2D eigenvalue weighted by Crippen LogP contribution is 2.35. The minimum Gasteiger partial charge on any atom is -0.397 e. The van der Waals surface area contributed by atoms with Gasteiger partial charge < -0.3 is 27.4 Å². The van der Waals surface area contributed by atoms with E-state index in [1.54, 1.807) is 0 Å². The van der Waals surface area contributed by atoms with Gasteiger partial charge in [0, 0.05) is 6.54 Å². The summed E-state index contributed by atoms with van der Waals surface area (Å²) in [6.07, 6.45) is 0.884. The maximum absolute atomic E-state index is 11.4. The van der Waals surface area contributed by atoms with Crippen molar-refractivity contribution in [3.63, 3.8) is 0 Å². The summed E-state index contributed by atoms with van der Waals surface area (Å²) in [4.78, 5) is 24.8. The van der Waals surface area contributed by atoms with Crippen LogP contribution in [-0.4, -0.2) is 43.9 Å². The number of nitrogens with two attached hydrogens (primary N) is 3. The molecule has 1 aromatic heterocycles. The third-order valence-electron chi connectivity index (χ3n) is 2.48. The smallest absolute Gasteiger partial charge is 0.260 e. The van der Waals surface area contributed by atoms with E-state index in [0.717, 1.165) is 24.3 Å². The molecule has 7 nitrogen and oxygen atoms in total. The number of amides is 2. The molecule has 2 amide bonds. The van der Waals surface area contributed by atoms with Gasteiger partial charge in [0.05, 0.1) is 11.3 Å². The van der Waals surface area contributed by atoms with Gasteiger partial charge in [0.1, 0.15) is 9.88 Å². The highest BCUT2D eigenvalue weighted by molar-refractivity contribution is 7.19. The Morgan fingerprint density at radius 1 is 1.26 bits per heavy atom. The Hall–Kier alpha value is -1.80. The number of nitrogens with zero attached hydrogens (tertiary/aromatic N) is 1. The van der Waals surface area contributed by atoms with E-state index >= 15 is 0 Å². The second-order valence-corrected chi connectivity index (χ2v) is 5.38. The molecule has 8 heteroatoms. The fraction of sp³-hybridized carbons (Fsp3) is 0.455. The second kappa shape index (κ2) is 6.39. The Bertz CT molecular complexity index is 484. The summed E-state index contributed by atoms with van der Waals surface area (Å²) in [6, 6.07) is 0. The predicted molar refractivity (Wildman–Crippen MR) is 77.4 cm³/mol. The van der Waals surface area contributed by atoms with Gasteiger partial charge in [-0.05, 0) is 27.1 Å². The summed E-state index contributed by atoms with van der Waals surface area (Å²) in [6.45, 7) is 1.55. The number of rotatable bonds is 7. The number of carbonyl (C=O) groups is 2. The molecule has 19 heavy (non-hydrogen) atoms. The van der Waals surface area contributed by atoms with Crippen LogP contribution in [0.4, 0.5) is 10.7 Å². The van der Waals surface area contributed by atoms with Crippen LogP contribution in [0.3, 0.4) is 0 Å². The molecule has 0 atom stereocenters. The standard InChI is InChI=1S/C11H19N5O2S/c1-16(2)5-3-4-15-11-6(9(13)17)7(12)8(19-11)10(14)18/h15H,3-5,12H2,1-2H3,(H2,13,17)(H2,14,18). The van der Waals surface area contributed by atoms with Crippen LogP contribution in [0.25, 0.3) is 0 Å². The summed E-state index contributed by atoms with van der Waals surface area (Å²) in [7, 11) is 3.95. The molecule has 0 saturated carbocycles. The molecule has 106 valence electrons. The molecule has 0 aliphatic rings. The molecular weight excluding hydrogens is 266 g/mol. The van der Waals surface area contributed by atoms with Gasteiger partial charge in [-0.1, -0.05) is 0 Å². The summed E-state index contributed by atoms with van der Waals surface area (Å²) < 4.78 is 0. The van der Waals surface area contributed by atoms with Crippen molar-refractivity contribution in [2.75, 3.05) is 38.2 Å². The van der Waals surface area contributed by atoms with Crippen molar-refractivity contribution in [1.82, 2.24) is 4.90 Å². The normalized spacial score (nSPS) is 10.7. The second-order valence-electron chi connectivity index (χ2n) is 4.36. The third kappa shape index (κ3) is 3.83. The quantitative estimate of drug-likeness (QED) is 0.520. The van der Waals surface area contributed by atoms with Crippen LogP contribution < -0.4 is 22.5 Å². The highest BCUT2D eigenvalue weighted by atomic mass is 32.1. The number of hydrogen-bond donors (Lipinski definition) is 4. The molecule has 0 unspecified atom stereocenters. The topological polar surface area (TPSA) is 127 Å². The van der Waals surface area contributed by atoms with E-state index < -0.39 is 11.8 Å². The Morgan fingerprint density at radius 2 is 1.89 bits per heavy atom.